The Labute approximate surface area is 200 Å². The van der Waals surface area contributed by atoms with Crippen molar-refractivity contribution in [3.63, 3.8) is 0 Å². The molecule has 0 aliphatic carbocycles. The second-order valence-electron chi connectivity index (χ2n) is 7.85. The number of amides is 2. The Balaban J connectivity index is 1.72. The van der Waals surface area contributed by atoms with E-state index in [-0.39, 0.29) is 39.0 Å². The van der Waals surface area contributed by atoms with Crippen LogP contribution in [0, 0.1) is 5.41 Å². The normalized spacial score (nSPS) is 19.6. The zero-order valence-corrected chi connectivity index (χ0v) is 20.0. The number of piperazine rings is 1. The van der Waals surface area contributed by atoms with Crippen molar-refractivity contribution in [1.82, 2.24) is 14.7 Å². The van der Waals surface area contributed by atoms with Crippen LogP contribution in [0.3, 0.4) is 0 Å². The van der Waals surface area contributed by atoms with E-state index in [9.17, 15) is 23.2 Å². The van der Waals surface area contributed by atoms with E-state index in [1.165, 1.54) is 4.31 Å². The van der Waals surface area contributed by atoms with Gasteiger partial charge in [-0.15, -0.1) is 0 Å². The largest absolute Gasteiger partial charge is 0.465 e. The summed E-state index contributed by atoms with van der Waals surface area (Å²) in [6.07, 6.45) is -1.16. The second-order valence-corrected chi connectivity index (χ2v) is 11.1. The fourth-order valence-corrected chi connectivity index (χ4v) is 7.22. The Morgan fingerprint density at radius 1 is 1.00 bits per heavy atom. The van der Waals surface area contributed by atoms with Gasteiger partial charge >= 0.3 is 6.09 Å². The van der Waals surface area contributed by atoms with Gasteiger partial charge in [-0.2, -0.15) is 4.31 Å². The van der Waals surface area contributed by atoms with E-state index in [2.05, 4.69) is 0 Å². The molecule has 0 atom stereocenters. The number of benzene rings is 1. The summed E-state index contributed by atoms with van der Waals surface area (Å²) >= 11 is 18.5. The van der Waals surface area contributed by atoms with Gasteiger partial charge in [-0.1, -0.05) is 34.8 Å². The summed E-state index contributed by atoms with van der Waals surface area (Å²) in [5, 5.41) is 19.4. The fraction of sp³-hybridized carbons (Fsp3) is 0.556. The number of anilines is 1. The topological polar surface area (TPSA) is 130 Å². The minimum Gasteiger partial charge on any atom is -0.465 e. The van der Waals surface area contributed by atoms with Gasteiger partial charge in [0.05, 0.1) is 26.9 Å². The molecule has 3 N–H and O–H groups in total. The number of carbonyl (C=O) groups excluding carboxylic acids is 1. The Kier molecular flexibility index (Phi) is 7.68. The van der Waals surface area contributed by atoms with Gasteiger partial charge in [-0.05, 0) is 25.0 Å². The molecule has 3 rings (SSSR count). The summed E-state index contributed by atoms with van der Waals surface area (Å²) in [5.74, 6) is -1.35. The van der Waals surface area contributed by atoms with Crippen LogP contribution in [0.1, 0.15) is 12.8 Å². The maximum absolute atomic E-state index is 13.2. The smallest absolute Gasteiger partial charge is 0.407 e. The molecule has 0 unspecified atom stereocenters. The third kappa shape index (κ3) is 5.18. The molecule has 2 aliphatic heterocycles. The number of nitrogens with one attached hydrogen (secondary N) is 1. The van der Waals surface area contributed by atoms with E-state index in [1.54, 1.807) is 17.6 Å². The average Bonchev–Trinajstić information content (AvgIpc) is 2.72. The van der Waals surface area contributed by atoms with E-state index >= 15 is 0 Å². The van der Waals surface area contributed by atoms with E-state index in [4.69, 9.17) is 39.9 Å². The molecule has 178 valence electrons. The maximum Gasteiger partial charge on any atom is 0.407 e. The number of hydrogen-bond acceptors (Lipinski definition) is 6. The molecule has 0 saturated carbocycles. The predicted molar refractivity (Wildman–Crippen MR) is 120 cm³/mol. The Morgan fingerprint density at radius 3 is 2.00 bits per heavy atom. The number of hydroxylamine groups is 1. The number of likely N-dealkylation sites (tertiary alicyclic amines) is 1. The van der Waals surface area contributed by atoms with Crippen molar-refractivity contribution in [2.75, 3.05) is 49.9 Å². The summed E-state index contributed by atoms with van der Waals surface area (Å²) in [4.78, 5) is 26.6. The van der Waals surface area contributed by atoms with Crippen LogP contribution in [0.4, 0.5) is 10.5 Å². The zero-order valence-electron chi connectivity index (χ0n) is 16.9. The van der Waals surface area contributed by atoms with Crippen LogP contribution in [-0.2, 0) is 14.8 Å². The highest BCUT2D eigenvalue weighted by Crippen LogP contribution is 2.38. The standard InChI is InChI=1S/C18H23Cl3N4O6S/c19-12-9-13(20)15(14(21)10-12)23-5-7-25(8-6-23)32(30,31)11-18(16(26)22-29)1-3-24(4-2-18)17(27)28/h9-10,29H,1-8,11H2,(H,22,26)(H,27,28). The van der Waals surface area contributed by atoms with Crippen LogP contribution in [-0.4, -0.2) is 85.0 Å². The van der Waals surface area contributed by atoms with E-state index in [0.717, 1.165) is 4.90 Å². The predicted octanol–water partition coefficient (Wildman–Crippen LogP) is 2.36. The van der Waals surface area contributed by atoms with Crippen molar-refractivity contribution in [1.29, 1.82) is 0 Å². The summed E-state index contributed by atoms with van der Waals surface area (Å²) in [6.45, 7) is 0.948. The molecule has 14 heteroatoms. The SMILES string of the molecule is O=C(O)N1CCC(CS(=O)(=O)N2CCN(c3c(Cl)cc(Cl)cc3Cl)CC2)(C(=O)NO)CC1. The molecule has 2 aliphatic rings. The lowest BCUT2D eigenvalue weighted by atomic mass is 9.79. The third-order valence-electron chi connectivity index (χ3n) is 5.96. The van der Waals surface area contributed by atoms with Crippen molar-refractivity contribution >= 4 is 62.5 Å². The fourth-order valence-electron chi connectivity index (χ4n) is 4.15. The first-order valence-corrected chi connectivity index (χ1v) is 12.5. The van der Waals surface area contributed by atoms with Crippen molar-refractivity contribution in [2.45, 2.75) is 12.8 Å². The molecule has 0 aromatic heterocycles. The van der Waals surface area contributed by atoms with Crippen LogP contribution in [0.5, 0.6) is 0 Å². The summed E-state index contributed by atoms with van der Waals surface area (Å²) in [6, 6.07) is 3.13. The average molecular weight is 530 g/mol. The number of halogens is 3. The quantitative estimate of drug-likeness (QED) is 0.394. The number of piperidine rings is 1. The molecular formula is C18H23Cl3N4O6S. The van der Waals surface area contributed by atoms with Gasteiger partial charge in [0.15, 0.2) is 0 Å². The van der Waals surface area contributed by atoms with Gasteiger partial charge in [0.25, 0.3) is 5.91 Å². The lowest BCUT2D eigenvalue weighted by molar-refractivity contribution is -0.141. The van der Waals surface area contributed by atoms with Gasteiger partial charge in [0.2, 0.25) is 10.0 Å². The lowest BCUT2D eigenvalue weighted by Crippen LogP contribution is -2.56. The van der Waals surface area contributed by atoms with Crippen LogP contribution < -0.4 is 10.4 Å². The molecule has 0 radical (unpaired) electrons. The van der Waals surface area contributed by atoms with E-state index in [1.807, 2.05) is 4.90 Å². The molecule has 2 heterocycles. The molecule has 0 spiro atoms. The molecule has 2 fully saturated rings. The molecule has 2 amide bonds. The van der Waals surface area contributed by atoms with Crippen molar-refractivity contribution in [2.24, 2.45) is 5.41 Å². The Hall–Kier alpha value is -1.50. The number of carbonyl (C=O) groups is 2. The summed E-state index contributed by atoms with van der Waals surface area (Å²) in [5.41, 5.74) is 0.713. The highest BCUT2D eigenvalue weighted by Gasteiger charge is 2.47. The van der Waals surface area contributed by atoms with Gasteiger partial charge in [-0.3, -0.25) is 10.0 Å². The first-order chi connectivity index (χ1) is 15.0. The van der Waals surface area contributed by atoms with Gasteiger partial charge in [0, 0.05) is 44.3 Å². The molecule has 10 nitrogen and oxygen atoms in total. The van der Waals surface area contributed by atoms with Gasteiger partial charge in [-0.25, -0.2) is 18.7 Å². The van der Waals surface area contributed by atoms with Crippen molar-refractivity contribution in [3.05, 3.63) is 27.2 Å². The molecule has 0 bridgehead atoms. The number of hydrogen-bond donors (Lipinski definition) is 3. The number of nitrogens with zero attached hydrogens (tertiary/aromatic N) is 3. The minimum absolute atomic E-state index is 0.000381. The lowest BCUT2D eigenvalue weighted by Gasteiger charge is -2.41. The zero-order chi connectivity index (χ0) is 23.7. The second kappa shape index (κ2) is 9.78. The van der Waals surface area contributed by atoms with Crippen molar-refractivity contribution in [3.8, 4) is 0 Å². The van der Waals surface area contributed by atoms with Crippen LogP contribution in [0.15, 0.2) is 12.1 Å². The van der Waals surface area contributed by atoms with Gasteiger partial charge < -0.3 is 14.9 Å². The Morgan fingerprint density at radius 2 is 1.53 bits per heavy atom. The summed E-state index contributed by atoms with van der Waals surface area (Å²) < 4.78 is 27.6. The third-order valence-corrected chi connectivity index (χ3v) is 8.83. The van der Waals surface area contributed by atoms with Crippen LogP contribution >= 0.6 is 34.8 Å². The van der Waals surface area contributed by atoms with Crippen LogP contribution in [0.2, 0.25) is 15.1 Å². The monoisotopic (exact) mass is 528 g/mol. The highest BCUT2D eigenvalue weighted by atomic mass is 35.5. The van der Waals surface area contributed by atoms with Crippen molar-refractivity contribution < 1.29 is 28.3 Å². The molecular weight excluding hydrogens is 507 g/mol. The molecule has 32 heavy (non-hydrogen) atoms. The number of rotatable bonds is 5. The first kappa shape index (κ1) is 25.1. The minimum atomic E-state index is -3.89. The van der Waals surface area contributed by atoms with E-state index < -0.39 is 33.2 Å². The maximum atomic E-state index is 13.2. The molecule has 1 aromatic carbocycles. The molecule has 2 saturated heterocycles. The Bertz CT molecular complexity index is 969. The first-order valence-electron chi connectivity index (χ1n) is 9.79. The summed E-state index contributed by atoms with van der Waals surface area (Å²) in [7, 11) is -3.89. The van der Waals surface area contributed by atoms with Gasteiger partial charge in [0.1, 0.15) is 0 Å². The van der Waals surface area contributed by atoms with E-state index in [0.29, 0.717) is 33.8 Å². The number of sulfonamides is 1. The number of carboxylic acid groups (broad SMARTS) is 1. The molecule has 1 aromatic rings. The highest BCUT2D eigenvalue weighted by molar-refractivity contribution is 7.89. The van der Waals surface area contributed by atoms with Crippen LogP contribution in [0.25, 0.3) is 0 Å².